The summed E-state index contributed by atoms with van der Waals surface area (Å²) in [4.78, 5) is 17.6. The SMILES string of the molecule is O=C(O)Cc1cc(N(CCO)Cc2ccccc2)c2ccccc2n1. The predicted octanol–water partition coefficient (Wildman–Crippen LogP) is 2.86. The molecule has 0 spiro atoms. The number of pyridine rings is 1. The lowest BCUT2D eigenvalue weighted by Crippen LogP contribution is -2.26. The van der Waals surface area contributed by atoms with Gasteiger partial charge in [0.2, 0.25) is 0 Å². The van der Waals surface area contributed by atoms with Gasteiger partial charge in [-0.3, -0.25) is 9.78 Å². The number of hydrogen-bond donors (Lipinski definition) is 2. The number of fused-ring (bicyclic) bond motifs is 1. The molecular formula is C20H20N2O3. The van der Waals surface area contributed by atoms with Crippen molar-refractivity contribution in [3.05, 3.63) is 71.9 Å². The number of aromatic nitrogens is 1. The fraction of sp³-hybridized carbons (Fsp3) is 0.200. The highest BCUT2D eigenvalue weighted by Crippen LogP contribution is 2.28. The van der Waals surface area contributed by atoms with Crippen LogP contribution in [0.3, 0.4) is 0 Å². The lowest BCUT2D eigenvalue weighted by Gasteiger charge is -2.26. The Balaban J connectivity index is 2.06. The molecule has 0 unspecified atom stereocenters. The van der Waals surface area contributed by atoms with Crippen LogP contribution in [0.25, 0.3) is 10.9 Å². The average molecular weight is 336 g/mol. The van der Waals surface area contributed by atoms with Crippen LogP contribution >= 0.6 is 0 Å². The molecular weight excluding hydrogens is 316 g/mol. The number of carbonyl (C=O) groups is 1. The molecule has 1 heterocycles. The molecule has 2 aromatic carbocycles. The zero-order chi connectivity index (χ0) is 17.6. The largest absolute Gasteiger partial charge is 0.481 e. The Morgan fingerprint density at radius 3 is 2.48 bits per heavy atom. The maximum Gasteiger partial charge on any atom is 0.309 e. The number of nitrogens with zero attached hydrogens (tertiary/aromatic N) is 2. The molecule has 0 saturated heterocycles. The summed E-state index contributed by atoms with van der Waals surface area (Å²) in [5, 5.41) is 19.6. The first kappa shape index (κ1) is 16.9. The monoisotopic (exact) mass is 336 g/mol. The van der Waals surface area contributed by atoms with Crippen molar-refractivity contribution in [2.75, 3.05) is 18.1 Å². The van der Waals surface area contributed by atoms with E-state index in [1.807, 2.05) is 60.7 Å². The van der Waals surface area contributed by atoms with E-state index in [9.17, 15) is 9.90 Å². The summed E-state index contributed by atoms with van der Waals surface area (Å²) in [6.45, 7) is 1.09. The molecule has 5 heteroatoms. The number of hydrogen-bond acceptors (Lipinski definition) is 4. The van der Waals surface area contributed by atoms with Gasteiger partial charge in [-0.2, -0.15) is 0 Å². The van der Waals surface area contributed by atoms with Gasteiger partial charge in [-0.25, -0.2) is 0 Å². The van der Waals surface area contributed by atoms with Crippen molar-refractivity contribution in [1.29, 1.82) is 0 Å². The van der Waals surface area contributed by atoms with Gasteiger partial charge in [0.05, 0.1) is 24.2 Å². The van der Waals surface area contributed by atoms with Crippen LogP contribution in [0.1, 0.15) is 11.3 Å². The van der Waals surface area contributed by atoms with Crippen LogP contribution in [0.4, 0.5) is 5.69 Å². The van der Waals surface area contributed by atoms with Crippen LogP contribution in [0.2, 0.25) is 0 Å². The minimum Gasteiger partial charge on any atom is -0.481 e. The van der Waals surface area contributed by atoms with Crippen molar-refractivity contribution in [2.45, 2.75) is 13.0 Å². The summed E-state index contributed by atoms with van der Waals surface area (Å²) in [5.74, 6) is -0.912. The molecule has 0 saturated carbocycles. The molecule has 0 amide bonds. The van der Waals surface area contributed by atoms with Gasteiger partial charge >= 0.3 is 5.97 Å². The van der Waals surface area contributed by atoms with Crippen molar-refractivity contribution >= 4 is 22.6 Å². The first-order valence-corrected chi connectivity index (χ1v) is 8.17. The van der Waals surface area contributed by atoms with Crippen molar-refractivity contribution in [3.63, 3.8) is 0 Å². The molecule has 0 aliphatic heterocycles. The van der Waals surface area contributed by atoms with E-state index in [-0.39, 0.29) is 13.0 Å². The number of carboxylic acids is 1. The number of aliphatic hydroxyl groups is 1. The Bertz CT molecular complexity index is 865. The van der Waals surface area contributed by atoms with Gasteiger partial charge in [0, 0.05) is 24.2 Å². The van der Waals surface area contributed by atoms with E-state index in [1.165, 1.54) is 0 Å². The molecule has 0 atom stereocenters. The molecule has 2 N–H and O–H groups in total. The highest BCUT2D eigenvalue weighted by molar-refractivity contribution is 5.92. The fourth-order valence-electron chi connectivity index (χ4n) is 2.93. The topological polar surface area (TPSA) is 73.7 Å². The van der Waals surface area contributed by atoms with Gasteiger partial charge < -0.3 is 15.1 Å². The zero-order valence-corrected chi connectivity index (χ0v) is 13.8. The van der Waals surface area contributed by atoms with E-state index >= 15 is 0 Å². The molecule has 0 aliphatic rings. The van der Waals surface area contributed by atoms with E-state index < -0.39 is 5.97 Å². The molecule has 3 aromatic rings. The number of para-hydroxylation sites is 1. The summed E-state index contributed by atoms with van der Waals surface area (Å²) in [7, 11) is 0. The van der Waals surface area contributed by atoms with Gasteiger partial charge in [0.1, 0.15) is 0 Å². The molecule has 3 rings (SSSR count). The first-order chi connectivity index (χ1) is 12.2. The van der Waals surface area contributed by atoms with E-state index in [0.717, 1.165) is 22.2 Å². The lowest BCUT2D eigenvalue weighted by molar-refractivity contribution is -0.136. The number of aliphatic hydroxyl groups excluding tert-OH is 1. The second-order valence-corrected chi connectivity index (χ2v) is 5.85. The number of aliphatic carboxylic acids is 1. The minimum absolute atomic E-state index is 0.0117. The third kappa shape index (κ3) is 4.14. The predicted molar refractivity (Wildman–Crippen MR) is 97.7 cm³/mol. The van der Waals surface area contributed by atoms with Gasteiger partial charge in [0.25, 0.3) is 0 Å². The summed E-state index contributed by atoms with van der Waals surface area (Å²) in [5.41, 5.74) is 3.28. The zero-order valence-electron chi connectivity index (χ0n) is 13.8. The van der Waals surface area contributed by atoms with Crippen LogP contribution < -0.4 is 4.90 Å². The van der Waals surface area contributed by atoms with Crippen LogP contribution in [0, 0.1) is 0 Å². The van der Waals surface area contributed by atoms with E-state index in [4.69, 9.17) is 5.11 Å². The Hall–Kier alpha value is -2.92. The Morgan fingerprint density at radius 2 is 1.76 bits per heavy atom. The van der Waals surface area contributed by atoms with Gasteiger partial charge in [-0.05, 0) is 17.7 Å². The van der Waals surface area contributed by atoms with E-state index in [0.29, 0.717) is 18.8 Å². The number of rotatable bonds is 7. The quantitative estimate of drug-likeness (QED) is 0.694. The van der Waals surface area contributed by atoms with Crippen LogP contribution in [-0.2, 0) is 17.8 Å². The van der Waals surface area contributed by atoms with Gasteiger partial charge in [-0.1, -0.05) is 48.5 Å². The second-order valence-electron chi connectivity index (χ2n) is 5.85. The average Bonchev–Trinajstić information content (AvgIpc) is 2.61. The minimum atomic E-state index is -0.912. The molecule has 128 valence electrons. The van der Waals surface area contributed by atoms with E-state index in [2.05, 4.69) is 9.88 Å². The third-order valence-electron chi connectivity index (χ3n) is 4.01. The maximum atomic E-state index is 11.1. The second kappa shape index (κ2) is 7.77. The first-order valence-electron chi connectivity index (χ1n) is 8.17. The highest BCUT2D eigenvalue weighted by atomic mass is 16.4. The molecule has 0 aliphatic carbocycles. The van der Waals surface area contributed by atoms with Gasteiger partial charge in [-0.15, -0.1) is 0 Å². The Kier molecular flexibility index (Phi) is 5.26. The molecule has 5 nitrogen and oxygen atoms in total. The van der Waals surface area contributed by atoms with Crippen molar-refractivity contribution < 1.29 is 15.0 Å². The van der Waals surface area contributed by atoms with E-state index in [1.54, 1.807) is 0 Å². The smallest absolute Gasteiger partial charge is 0.309 e. The number of anilines is 1. The lowest BCUT2D eigenvalue weighted by atomic mass is 10.1. The van der Waals surface area contributed by atoms with Gasteiger partial charge in [0.15, 0.2) is 0 Å². The molecule has 0 bridgehead atoms. The summed E-state index contributed by atoms with van der Waals surface area (Å²) in [6.07, 6.45) is -0.129. The number of carboxylic acid groups (broad SMARTS) is 1. The normalized spacial score (nSPS) is 10.8. The van der Waals surface area contributed by atoms with Crippen LogP contribution in [-0.4, -0.2) is 34.3 Å². The maximum absolute atomic E-state index is 11.1. The summed E-state index contributed by atoms with van der Waals surface area (Å²) < 4.78 is 0. The molecule has 25 heavy (non-hydrogen) atoms. The highest BCUT2D eigenvalue weighted by Gasteiger charge is 2.14. The Labute approximate surface area is 146 Å². The Morgan fingerprint density at radius 1 is 1.04 bits per heavy atom. The molecule has 0 fully saturated rings. The van der Waals surface area contributed by atoms with Crippen molar-refractivity contribution in [2.24, 2.45) is 0 Å². The standard InChI is InChI=1S/C20H20N2O3/c23-11-10-22(14-15-6-2-1-3-7-15)19-12-16(13-20(24)25)21-18-9-5-4-8-17(18)19/h1-9,12,23H,10-11,13-14H2,(H,24,25). The van der Waals surface area contributed by atoms with Crippen molar-refractivity contribution in [1.82, 2.24) is 4.98 Å². The molecule has 1 aromatic heterocycles. The summed E-state index contributed by atoms with van der Waals surface area (Å²) >= 11 is 0. The number of benzene rings is 2. The van der Waals surface area contributed by atoms with Crippen molar-refractivity contribution in [3.8, 4) is 0 Å². The molecule has 0 radical (unpaired) electrons. The summed E-state index contributed by atoms with van der Waals surface area (Å²) in [6, 6.07) is 19.5. The third-order valence-corrected chi connectivity index (χ3v) is 4.01. The van der Waals surface area contributed by atoms with Crippen LogP contribution in [0.15, 0.2) is 60.7 Å². The van der Waals surface area contributed by atoms with Crippen LogP contribution in [0.5, 0.6) is 0 Å². The fourth-order valence-corrected chi connectivity index (χ4v) is 2.93.